The van der Waals surface area contributed by atoms with E-state index in [2.05, 4.69) is 62.5 Å². The molecule has 0 amide bonds. The lowest BCUT2D eigenvalue weighted by Crippen LogP contribution is -2.55. The number of carbonyl (C=O) groups is 3. The van der Waals surface area contributed by atoms with Crippen molar-refractivity contribution in [2.45, 2.75) is 206 Å². The molecule has 0 radical (unpaired) electrons. The van der Waals surface area contributed by atoms with E-state index >= 15 is 0 Å². The van der Waals surface area contributed by atoms with Gasteiger partial charge < -0.3 is 28.6 Å². The first-order valence-corrected chi connectivity index (χ1v) is 23.2. The lowest BCUT2D eigenvalue weighted by molar-refractivity contribution is -0.889. The minimum atomic E-state index is -1.13. The maximum atomic E-state index is 12.7. The second kappa shape index (κ2) is 40.1. The van der Waals surface area contributed by atoms with E-state index in [9.17, 15) is 19.5 Å². The van der Waals surface area contributed by atoms with Crippen LogP contribution in [0.15, 0.2) is 48.6 Å². The number of likely N-dealkylation sites (N-methyl/N-ethyl adjacent to an activating group) is 1. The molecule has 330 valence electrons. The van der Waals surface area contributed by atoms with E-state index in [1.807, 2.05) is 0 Å². The van der Waals surface area contributed by atoms with Gasteiger partial charge in [-0.25, -0.2) is 0 Å². The van der Waals surface area contributed by atoms with Crippen molar-refractivity contribution in [2.75, 3.05) is 41.0 Å². The molecular formula is C49H87NO7. The summed E-state index contributed by atoms with van der Waals surface area (Å²) in [6.45, 7) is 4.53. The summed E-state index contributed by atoms with van der Waals surface area (Å²) in [5.41, 5.74) is 0. The highest BCUT2D eigenvalue weighted by Gasteiger charge is 2.25. The molecule has 0 aromatic carbocycles. The van der Waals surface area contributed by atoms with Crippen LogP contribution in [0, 0.1) is 0 Å². The minimum absolute atomic E-state index is 0.0336. The molecule has 0 heterocycles. The Hall–Kier alpha value is -2.71. The van der Waals surface area contributed by atoms with E-state index in [4.69, 9.17) is 14.2 Å². The predicted molar refractivity (Wildman–Crippen MR) is 236 cm³/mol. The fraction of sp³-hybridized carbons (Fsp3) is 0.776. The smallest absolute Gasteiger partial charge is 0.306 e. The van der Waals surface area contributed by atoms with Crippen LogP contribution in [0.5, 0.6) is 0 Å². The van der Waals surface area contributed by atoms with Gasteiger partial charge in [0, 0.05) is 19.3 Å². The number of hydrogen-bond acceptors (Lipinski definition) is 7. The number of aliphatic carboxylic acids is 1. The molecule has 8 nitrogen and oxygen atoms in total. The van der Waals surface area contributed by atoms with Crippen molar-refractivity contribution in [1.29, 1.82) is 0 Å². The molecule has 0 aromatic heterocycles. The molecule has 0 N–H and O–H groups in total. The minimum Gasteiger partial charge on any atom is -0.544 e. The molecule has 57 heavy (non-hydrogen) atoms. The van der Waals surface area contributed by atoms with Crippen molar-refractivity contribution in [3.05, 3.63) is 48.6 Å². The Balaban J connectivity index is 4.33. The van der Waals surface area contributed by atoms with Gasteiger partial charge >= 0.3 is 11.9 Å². The maximum absolute atomic E-state index is 12.7. The van der Waals surface area contributed by atoms with Gasteiger partial charge in [-0.05, 0) is 70.6 Å². The van der Waals surface area contributed by atoms with Crippen molar-refractivity contribution in [2.24, 2.45) is 0 Å². The number of carbonyl (C=O) groups excluding carboxylic acids is 3. The molecule has 0 saturated carbocycles. The molecule has 0 fully saturated rings. The number of esters is 2. The molecule has 0 aromatic rings. The van der Waals surface area contributed by atoms with Crippen LogP contribution in [-0.4, -0.2) is 75.5 Å². The molecular weight excluding hydrogens is 715 g/mol. The highest BCUT2D eigenvalue weighted by molar-refractivity contribution is 5.70. The maximum Gasteiger partial charge on any atom is 0.306 e. The van der Waals surface area contributed by atoms with E-state index in [1.54, 1.807) is 21.1 Å². The topological polar surface area (TPSA) is 102 Å². The van der Waals surface area contributed by atoms with E-state index in [1.165, 1.54) is 89.9 Å². The standard InChI is InChI=1S/C49H87NO7/c1-6-8-10-12-14-16-18-20-22-24-26-27-29-31-33-35-37-39-47(51)56-44-45(43-55-42-41-46(49(53)54)50(3,4)5)57-48(52)40-38-36-34-32-30-28-25-23-21-19-17-15-13-11-9-7-2/h9,11,15,17,20-23,45-46H,6-8,10,12-14,16,18-19,24-44H2,1-5H3/b11-9+,17-15+,22-20+,23-21+. The zero-order valence-corrected chi connectivity index (χ0v) is 37.5. The van der Waals surface area contributed by atoms with Crippen LogP contribution in [0.2, 0.25) is 0 Å². The average Bonchev–Trinajstić information content (AvgIpc) is 3.17. The number of quaternary nitrogens is 1. The zero-order valence-electron chi connectivity index (χ0n) is 37.5. The van der Waals surface area contributed by atoms with E-state index in [0.29, 0.717) is 12.8 Å². The van der Waals surface area contributed by atoms with Crippen LogP contribution < -0.4 is 5.11 Å². The number of rotatable bonds is 41. The van der Waals surface area contributed by atoms with Crippen LogP contribution in [0.4, 0.5) is 0 Å². The van der Waals surface area contributed by atoms with Gasteiger partial charge in [0.25, 0.3) is 0 Å². The van der Waals surface area contributed by atoms with Gasteiger partial charge in [-0.15, -0.1) is 0 Å². The highest BCUT2D eigenvalue weighted by Crippen LogP contribution is 2.14. The summed E-state index contributed by atoms with van der Waals surface area (Å²) in [4.78, 5) is 36.9. The first-order valence-electron chi connectivity index (χ1n) is 23.2. The lowest BCUT2D eigenvalue weighted by atomic mass is 10.1. The molecule has 0 aliphatic rings. The molecule has 2 unspecified atom stereocenters. The highest BCUT2D eigenvalue weighted by atomic mass is 16.6. The van der Waals surface area contributed by atoms with E-state index in [0.717, 1.165) is 70.6 Å². The van der Waals surface area contributed by atoms with Gasteiger partial charge in [0.2, 0.25) is 0 Å². The largest absolute Gasteiger partial charge is 0.544 e. The van der Waals surface area contributed by atoms with Crippen molar-refractivity contribution in [3.8, 4) is 0 Å². The molecule has 0 aliphatic carbocycles. The van der Waals surface area contributed by atoms with Crippen molar-refractivity contribution >= 4 is 17.9 Å². The summed E-state index contributed by atoms with van der Waals surface area (Å²) < 4.78 is 17.2. The van der Waals surface area contributed by atoms with Crippen LogP contribution in [0.1, 0.15) is 194 Å². The Kier molecular flexibility index (Phi) is 38.2. The Bertz CT molecular complexity index is 1070. The van der Waals surface area contributed by atoms with Crippen LogP contribution in [-0.2, 0) is 28.6 Å². The molecule has 0 bridgehead atoms. The Morgan fingerprint density at radius 1 is 0.544 bits per heavy atom. The normalized spacial score (nSPS) is 13.4. The molecule has 0 spiro atoms. The molecule has 0 aliphatic heterocycles. The average molecular weight is 802 g/mol. The van der Waals surface area contributed by atoms with Crippen molar-refractivity contribution in [1.82, 2.24) is 0 Å². The Morgan fingerprint density at radius 3 is 1.47 bits per heavy atom. The van der Waals surface area contributed by atoms with Crippen LogP contribution in [0.3, 0.4) is 0 Å². The van der Waals surface area contributed by atoms with Crippen molar-refractivity contribution in [3.63, 3.8) is 0 Å². The van der Waals surface area contributed by atoms with Crippen molar-refractivity contribution < 1.29 is 38.2 Å². The summed E-state index contributed by atoms with van der Waals surface area (Å²) in [7, 11) is 5.40. The summed E-state index contributed by atoms with van der Waals surface area (Å²) >= 11 is 0. The fourth-order valence-corrected chi connectivity index (χ4v) is 6.61. The van der Waals surface area contributed by atoms with Gasteiger partial charge in [-0.1, -0.05) is 152 Å². The SMILES string of the molecule is CC/C=C/C/C=C/C/C=C/CCCCCCCCC(=O)OC(COCCC(C(=O)[O-])[N+](C)(C)C)COC(=O)CCCCCCCCC/C=C/CCCCCCCC. The van der Waals surface area contributed by atoms with Gasteiger partial charge in [0.1, 0.15) is 12.6 Å². The molecule has 0 rings (SSSR count). The van der Waals surface area contributed by atoms with Crippen LogP contribution in [0.25, 0.3) is 0 Å². The second-order valence-electron chi connectivity index (χ2n) is 16.6. The summed E-state index contributed by atoms with van der Waals surface area (Å²) in [5.74, 6) is -1.76. The predicted octanol–water partition coefficient (Wildman–Crippen LogP) is 11.5. The summed E-state index contributed by atoms with van der Waals surface area (Å²) in [6, 6.07) is -0.729. The van der Waals surface area contributed by atoms with E-state index < -0.39 is 18.1 Å². The van der Waals surface area contributed by atoms with E-state index in [-0.39, 0.29) is 42.7 Å². The summed E-state index contributed by atoms with van der Waals surface area (Å²) in [6.07, 6.45) is 47.0. The number of carboxylic acid groups (broad SMARTS) is 1. The fourth-order valence-electron chi connectivity index (χ4n) is 6.61. The van der Waals surface area contributed by atoms with Gasteiger partial charge in [0.15, 0.2) is 6.10 Å². The molecule has 2 atom stereocenters. The third-order valence-corrected chi connectivity index (χ3v) is 10.2. The lowest BCUT2D eigenvalue weighted by Gasteiger charge is -2.34. The Morgan fingerprint density at radius 2 is 0.982 bits per heavy atom. The van der Waals surface area contributed by atoms with Gasteiger partial charge in [-0.3, -0.25) is 9.59 Å². The first-order chi connectivity index (χ1) is 27.6. The molecule has 8 heteroatoms. The van der Waals surface area contributed by atoms with Crippen LogP contribution >= 0.6 is 0 Å². The third kappa shape index (κ3) is 38.6. The number of hydrogen-bond donors (Lipinski definition) is 0. The second-order valence-corrected chi connectivity index (χ2v) is 16.6. The number of carboxylic acids is 1. The third-order valence-electron chi connectivity index (χ3n) is 10.2. The van der Waals surface area contributed by atoms with Gasteiger partial charge in [-0.2, -0.15) is 0 Å². The number of nitrogens with zero attached hydrogens (tertiary/aromatic N) is 1. The monoisotopic (exact) mass is 802 g/mol. The quantitative estimate of drug-likeness (QED) is 0.0262. The summed E-state index contributed by atoms with van der Waals surface area (Å²) in [5, 5.41) is 11.6. The first kappa shape index (κ1) is 54.3. The Labute approximate surface area is 350 Å². The zero-order chi connectivity index (χ0) is 42.1. The van der Waals surface area contributed by atoms with Gasteiger partial charge in [0.05, 0.1) is 40.3 Å². The number of allylic oxidation sites excluding steroid dienone is 8. The molecule has 0 saturated heterocycles. The number of unbranched alkanes of at least 4 members (excludes halogenated alkanes) is 19. The number of ether oxygens (including phenoxy) is 3.